The number of carboxylic acids is 1. The average molecular weight is 298 g/mol. The molecule has 2 rings (SSSR count). The molecule has 0 aromatic heterocycles. The molecule has 3 N–H and O–H groups in total. The van der Waals surface area contributed by atoms with E-state index in [1.807, 2.05) is 0 Å². The molecule has 1 aliphatic rings. The topological polar surface area (TPSA) is 78.4 Å². The summed E-state index contributed by atoms with van der Waals surface area (Å²) < 4.78 is 26.5. The first-order valence-electron chi connectivity index (χ1n) is 6.71. The molecule has 7 heteroatoms. The predicted molar refractivity (Wildman–Crippen MR) is 72.0 cm³/mol. The maximum Gasteiger partial charge on any atom is 0.329 e. The minimum absolute atomic E-state index is 0.321. The molecule has 1 aromatic rings. The van der Waals surface area contributed by atoms with Gasteiger partial charge in [0.25, 0.3) is 0 Å². The largest absolute Gasteiger partial charge is 0.480 e. The highest BCUT2D eigenvalue weighted by molar-refractivity contribution is 5.94. The van der Waals surface area contributed by atoms with Crippen molar-refractivity contribution in [1.29, 1.82) is 0 Å². The van der Waals surface area contributed by atoms with Gasteiger partial charge < -0.3 is 15.7 Å². The van der Waals surface area contributed by atoms with Crippen LogP contribution >= 0.6 is 0 Å². The summed E-state index contributed by atoms with van der Waals surface area (Å²) in [6, 6.07) is 2.52. The van der Waals surface area contributed by atoms with Crippen molar-refractivity contribution in [3.05, 3.63) is 29.8 Å². The Hall–Kier alpha value is -2.18. The van der Waals surface area contributed by atoms with Crippen LogP contribution in [0.5, 0.6) is 0 Å². The molecular formula is C14H16F2N2O3. The van der Waals surface area contributed by atoms with Crippen LogP contribution in [-0.2, 0) is 4.79 Å². The third-order valence-electron chi connectivity index (χ3n) is 3.67. The van der Waals surface area contributed by atoms with Gasteiger partial charge in [0.05, 0.1) is 5.69 Å². The summed E-state index contributed by atoms with van der Waals surface area (Å²) in [5.41, 5.74) is -1.67. The first kappa shape index (κ1) is 15.2. The smallest absolute Gasteiger partial charge is 0.329 e. The van der Waals surface area contributed by atoms with Gasteiger partial charge >= 0.3 is 12.0 Å². The van der Waals surface area contributed by atoms with Crippen LogP contribution in [0.4, 0.5) is 19.3 Å². The Morgan fingerprint density at radius 2 is 1.81 bits per heavy atom. The van der Waals surface area contributed by atoms with Crippen LogP contribution in [0.3, 0.4) is 0 Å². The minimum Gasteiger partial charge on any atom is -0.480 e. The van der Waals surface area contributed by atoms with E-state index in [1.165, 1.54) is 12.1 Å². The molecule has 0 atom stereocenters. The molecule has 114 valence electrons. The summed E-state index contributed by atoms with van der Waals surface area (Å²) in [6.45, 7) is 0. The zero-order valence-electron chi connectivity index (χ0n) is 11.3. The lowest BCUT2D eigenvalue weighted by Crippen LogP contribution is -2.56. The van der Waals surface area contributed by atoms with Crippen LogP contribution in [0.1, 0.15) is 32.1 Å². The molecule has 0 aliphatic heterocycles. The highest BCUT2D eigenvalue weighted by atomic mass is 19.2. The van der Waals surface area contributed by atoms with Crippen molar-refractivity contribution in [2.75, 3.05) is 5.32 Å². The van der Waals surface area contributed by atoms with E-state index in [-0.39, 0.29) is 5.69 Å². The summed E-state index contributed by atoms with van der Waals surface area (Å²) in [6.07, 6.45) is 2.95. The molecule has 0 spiro atoms. The Morgan fingerprint density at radius 3 is 2.43 bits per heavy atom. The molecule has 2 amide bonds. The van der Waals surface area contributed by atoms with Crippen LogP contribution in [0.2, 0.25) is 0 Å². The van der Waals surface area contributed by atoms with Crippen molar-refractivity contribution in [3.8, 4) is 0 Å². The number of amides is 2. The fraction of sp³-hybridized carbons (Fsp3) is 0.429. The Balaban J connectivity index is 2.09. The number of rotatable bonds is 3. The van der Waals surface area contributed by atoms with Gasteiger partial charge in [0.1, 0.15) is 5.54 Å². The van der Waals surface area contributed by atoms with E-state index in [4.69, 9.17) is 0 Å². The first-order chi connectivity index (χ1) is 9.94. The van der Waals surface area contributed by atoms with E-state index >= 15 is 0 Å². The molecule has 1 fully saturated rings. The van der Waals surface area contributed by atoms with E-state index in [9.17, 15) is 23.5 Å². The Kier molecular flexibility index (Phi) is 4.40. The second-order valence-electron chi connectivity index (χ2n) is 5.13. The summed E-state index contributed by atoms with van der Waals surface area (Å²) in [7, 11) is 0. The van der Waals surface area contributed by atoms with Gasteiger partial charge in [-0.05, 0) is 25.0 Å². The summed E-state index contributed by atoms with van der Waals surface area (Å²) in [5, 5.41) is 13.9. The molecule has 21 heavy (non-hydrogen) atoms. The van der Waals surface area contributed by atoms with Gasteiger partial charge in [-0.1, -0.05) is 25.3 Å². The Bertz CT molecular complexity index is 557. The van der Waals surface area contributed by atoms with E-state index in [1.54, 1.807) is 0 Å². The lowest BCUT2D eigenvalue weighted by Gasteiger charge is -2.33. The second kappa shape index (κ2) is 6.07. The molecule has 1 saturated carbocycles. The van der Waals surface area contributed by atoms with Crippen LogP contribution in [0.25, 0.3) is 0 Å². The van der Waals surface area contributed by atoms with Crippen molar-refractivity contribution in [1.82, 2.24) is 5.32 Å². The average Bonchev–Trinajstić information content (AvgIpc) is 2.44. The lowest BCUT2D eigenvalue weighted by atomic mass is 9.82. The summed E-state index contributed by atoms with van der Waals surface area (Å²) in [4.78, 5) is 23.3. The quantitative estimate of drug-likeness (QED) is 0.803. The Labute approximate surface area is 120 Å². The number of carbonyl (C=O) groups excluding carboxylic acids is 1. The summed E-state index contributed by atoms with van der Waals surface area (Å²) in [5.74, 6) is -3.38. The van der Waals surface area contributed by atoms with E-state index in [0.717, 1.165) is 12.5 Å². The second-order valence-corrected chi connectivity index (χ2v) is 5.13. The van der Waals surface area contributed by atoms with E-state index in [2.05, 4.69) is 10.6 Å². The van der Waals surface area contributed by atoms with Gasteiger partial charge in [0, 0.05) is 0 Å². The lowest BCUT2D eigenvalue weighted by molar-refractivity contribution is -0.145. The number of urea groups is 1. The monoisotopic (exact) mass is 298 g/mol. The zero-order valence-corrected chi connectivity index (χ0v) is 11.3. The molecule has 0 bridgehead atoms. The highest BCUT2D eigenvalue weighted by Crippen LogP contribution is 2.28. The highest BCUT2D eigenvalue weighted by Gasteiger charge is 2.41. The number of nitrogens with one attached hydrogen (secondary N) is 2. The van der Waals surface area contributed by atoms with Gasteiger partial charge in [-0.25, -0.2) is 18.4 Å². The number of hydrogen-bond acceptors (Lipinski definition) is 2. The van der Waals surface area contributed by atoms with Crippen molar-refractivity contribution in [2.24, 2.45) is 0 Å². The molecule has 0 heterocycles. The third-order valence-corrected chi connectivity index (χ3v) is 3.67. The molecule has 5 nitrogen and oxygen atoms in total. The number of anilines is 1. The van der Waals surface area contributed by atoms with Crippen molar-refractivity contribution < 1.29 is 23.5 Å². The number of carboxylic acid groups (broad SMARTS) is 1. The number of hydrogen-bond donors (Lipinski definition) is 3. The van der Waals surface area contributed by atoms with Crippen molar-refractivity contribution >= 4 is 17.7 Å². The maximum absolute atomic E-state index is 13.5. The maximum atomic E-state index is 13.5. The SMILES string of the molecule is O=C(Nc1cccc(F)c1F)NC1(C(=O)O)CCCCC1. The first-order valence-corrected chi connectivity index (χ1v) is 6.71. The number of halogens is 2. The van der Waals surface area contributed by atoms with Gasteiger partial charge in [-0.2, -0.15) is 0 Å². The van der Waals surface area contributed by atoms with E-state index in [0.29, 0.717) is 25.7 Å². The number of aliphatic carboxylic acids is 1. The summed E-state index contributed by atoms with van der Waals surface area (Å²) >= 11 is 0. The molecule has 0 unspecified atom stereocenters. The van der Waals surface area contributed by atoms with Crippen LogP contribution in [-0.4, -0.2) is 22.6 Å². The molecule has 0 radical (unpaired) electrons. The zero-order chi connectivity index (χ0) is 15.5. The van der Waals surface area contributed by atoms with Crippen LogP contribution in [0, 0.1) is 11.6 Å². The van der Waals surface area contributed by atoms with Crippen LogP contribution in [0.15, 0.2) is 18.2 Å². The van der Waals surface area contributed by atoms with Crippen molar-refractivity contribution in [2.45, 2.75) is 37.6 Å². The third kappa shape index (κ3) is 3.29. The van der Waals surface area contributed by atoms with E-state index < -0.39 is 29.2 Å². The molecule has 1 aromatic carbocycles. The fourth-order valence-electron chi connectivity index (χ4n) is 2.52. The standard InChI is InChI=1S/C14H16F2N2O3/c15-9-5-4-6-10(11(9)16)17-13(21)18-14(12(19)20)7-2-1-3-8-14/h4-6H,1-3,7-8H2,(H,19,20)(H2,17,18,21). The minimum atomic E-state index is -1.34. The predicted octanol–water partition coefficient (Wildman–Crippen LogP) is 2.87. The molecule has 1 aliphatic carbocycles. The van der Waals surface area contributed by atoms with Crippen LogP contribution < -0.4 is 10.6 Å². The fourth-order valence-corrected chi connectivity index (χ4v) is 2.52. The van der Waals surface area contributed by atoms with Gasteiger partial charge in [-0.15, -0.1) is 0 Å². The number of benzene rings is 1. The van der Waals surface area contributed by atoms with Gasteiger partial charge in [-0.3, -0.25) is 0 Å². The van der Waals surface area contributed by atoms with Crippen molar-refractivity contribution in [3.63, 3.8) is 0 Å². The Morgan fingerprint density at radius 1 is 1.14 bits per heavy atom. The number of carbonyl (C=O) groups is 2. The normalized spacial score (nSPS) is 17.0. The van der Waals surface area contributed by atoms with Gasteiger partial charge in [0.15, 0.2) is 11.6 Å². The molecule has 0 saturated heterocycles. The van der Waals surface area contributed by atoms with Gasteiger partial charge in [0.2, 0.25) is 0 Å². The molecular weight excluding hydrogens is 282 g/mol.